The van der Waals surface area contributed by atoms with Crippen LogP contribution in [0.4, 0.5) is 8.78 Å². The van der Waals surface area contributed by atoms with E-state index >= 15 is 4.39 Å². The number of hydrogen-bond donors (Lipinski definition) is 1. The van der Waals surface area contributed by atoms with Gasteiger partial charge in [0.1, 0.15) is 11.6 Å². The molecule has 1 aromatic heterocycles. The van der Waals surface area contributed by atoms with Gasteiger partial charge in [-0.3, -0.25) is 9.48 Å². The maximum atomic E-state index is 15.1. The Labute approximate surface area is 189 Å². The predicted octanol–water partition coefficient (Wildman–Crippen LogP) is 4.90. The normalized spacial score (nSPS) is 13.8. The summed E-state index contributed by atoms with van der Waals surface area (Å²) in [7, 11) is 1.81. The molecule has 5 rings (SSSR count). The molecule has 0 saturated heterocycles. The van der Waals surface area contributed by atoms with Crippen molar-refractivity contribution < 1.29 is 18.7 Å². The van der Waals surface area contributed by atoms with Crippen LogP contribution in [0.25, 0.3) is 22.0 Å². The molecule has 7 heteroatoms. The number of carbonyl (C=O) groups is 1. The molecule has 168 valence electrons. The van der Waals surface area contributed by atoms with Crippen LogP contribution in [0.1, 0.15) is 40.9 Å². The minimum atomic E-state index is -1.12. The Bertz CT molecular complexity index is 1420. The van der Waals surface area contributed by atoms with E-state index in [1.165, 1.54) is 17.0 Å². The molecule has 0 saturated carbocycles. The van der Waals surface area contributed by atoms with Gasteiger partial charge in [-0.2, -0.15) is 5.10 Å². The van der Waals surface area contributed by atoms with Gasteiger partial charge in [-0.15, -0.1) is 0 Å². The molecule has 1 amide bonds. The standard InChI is InChI=1S/C26H23F2N3O2/c1-26(2,33)20-10-18(9-19-12-30(3)29-24(19)20)15-7-8-16(22(28)11-15)13-31-14-17-5-4-6-21(27)23(17)25(31)32/h4-12,33H,13-14H2,1-3H3. The Morgan fingerprint density at radius 1 is 1.06 bits per heavy atom. The third-order valence-corrected chi connectivity index (χ3v) is 6.09. The van der Waals surface area contributed by atoms with Gasteiger partial charge in [0, 0.05) is 42.8 Å². The molecule has 0 fully saturated rings. The number of carbonyl (C=O) groups excluding carboxylic acids is 1. The SMILES string of the molecule is Cn1cc2cc(-c3ccc(CN4Cc5cccc(F)c5C4=O)c(F)c3)cc(C(C)(C)O)c2n1. The summed E-state index contributed by atoms with van der Waals surface area (Å²) >= 11 is 0. The average molecular weight is 447 g/mol. The van der Waals surface area contributed by atoms with Crippen LogP contribution in [0, 0.1) is 11.6 Å². The van der Waals surface area contributed by atoms with Gasteiger partial charge in [-0.25, -0.2) is 8.78 Å². The molecule has 0 spiro atoms. The molecule has 0 unspecified atom stereocenters. The van der Waals surface area contributed by atoms with Gasteiger partial charge in [0.2, 0.25) is 0 Å². The minimum Gasteiger partial charge on any atom is -0.386 e. The number of fused-ring (bicyclic) bond motifs is 2. The lowest BCUT2D eigenvalue weighted by molar-refractivity contribution is 0.0761. The van der Waals surface area contributed by atoms with Crippen molar-refractivity contribution in [2.75, 3.05) is 0 Å². The van der Waals surface area contributed by atoms with Crippen LogP contribution in [0.3, 0.4) is 0 Å². The van der Waals surface area contributed by atoms with E-state index < -0.39 is 23.1 Å². The van der Waals surface area contributed by atoms with Crippen LogP contribution in [0.15, 0.2) is 54.7 Å². The number of aliphatic hydroxyl groups is 1. The summed E-state index contributed by atoms with van der Waals surface area (Å²) in [6, 6.07) is 13.1. The fourth-order valence-corrected chi connectivity index (χ4v) is 4.45. The number of amides is 1. The molecule has 4 aromatic rings. The molecular weight excluding hydrogens is 424 g/mol. The highest BCUT2D eigenvalue weighted by atomic mass is 19.1. The monoisotopic (exact) mass is 447 g/mol. The second kappa shape index (κ2) is 7.49. The van der Waals surface area contributed by atoms with Crippen LogP contribution in [0.2, 0.25) is 0 Å². The van der Waals surface area contributed by atoms with Crippen LogP contribution < -0.4 is 0 Å². The van der Waals surface area contributed by atoms with Crippen LogP contribution in [0.5, 0.6) is 0 Å². The van der Waals surface area contributed by atoms with Crippen molar-refractivity contribution >= 4 is 16.8 Å². The Morgan fingerprint density at radius 3 is 2.55 bits per heavy atom. The molecule has 0 atom stereocenters. The summed E-state index contributed by atoms with van der Waals surface area (Å²) in [6.45, 7) is 3.69. The largest absolute Gasteiger partial charge is 0.386 e. The van der Waals surface area contributed by atoms with Crippen molar-refractivity contribution in [1.82, 2.24) is 14.7 Å². The number of nitrogens with zero attached hydrogens (tertiary/aromatic N) is 3. The number of halogens is 2. The highest BCUT2D eigenvalue weighted by molar-refractivity contribution is 5.98. The Balaban J connectivity index is 1.47. The zero-order valence-electron chi connectivity index (χ0n) is 18.6. The summed E-state index contributed by atoms with van der Waals surface area (Å²) in [5.41, 5.74) is 2.67. The Morgan fingerprint density at radius 2 is 1.85 bits per heavy atom. The minimum absolute atomic E-state index is 0.0512. The highest BCUT2D eigenvalue weighted by Gasteiger charge is 2.30. The maximum Gasteiger partial charge on any atom is 0.257 e. The summed E-state index contributed by atoms with van der Waals surface area (Å²) in [6.07, 6.45) is 1.86. The van der Waals surface area contributed by atoms with E-state index in [1.54, 1.807) is 42.8 Å². The van der Waals surface area contributed by atoms with Gasteiger partial charge in [0.25, 0.3) is 5.91 Å². The zero-order chi connectivity index (χ0) is 23.5. The van der Waals surface area contributed by atoms with Crippen molar-refractivity contribution in [3.63, 3.8) is 0 Å². The third kappa shape index (κ3) is 3.68. The van der Waals surface area contributed by atoms with E-state index in [-0.39, 0.29) is 18.7 Å². The summed E-state index contributed by atoms with van der Waals surface area (Å²) in [5.74, 6) is -1.43. The predicted molar refractivity (Wildman–Crippen MR) is 121 cm³/mol. The zero-order valence-corrected chi connectivity index (χ0v) is 18.6. The second-order valence-corrected chi connectivity index (χ2v) is 9.06. The molecule has 2 heterocycles. The van der Waals surface area contributed by atoms with E-state index in [4.69, 9.17) is 0 Å². The molecule has 1 N–H and O–H groups in total. The first-order valence-electron chi connectivity index (χ1n) is 10.7. The van der Waals surface area contributed by atoms with Crippen LogP contribution in [-0.4, -0.2) is 25.7 Å². The molecular formula is C26H23F2N3O2. The van der Waals surface area contributed by atoms with Crippen molar-refractivity contribution in [1.29, 1.82) is 0 Å². The van der Waals surface area contributed by atoms with Gasteiger partial charge in [0.05, 0.1) is 16.7 Å². The molecule has 0 bridgehead atoms. The Hall–Kier alpha value is -3.58. The van der Waals surface area contributed by atoms with Gasteiger partial charge in [-0.1, -0.05) is 24.3 Å². The van der Waals surface area contributed by atoms with E-state index in [1.807, 2.05) is 25.4 Å². The van der Waals surface area contributed by atoms with Crippen molar-refractivity contribution in [2.45, 2.75) is 32.5 Å². The molecule has 33 heavy (non-hydrogen) atoms. The van der Waals surface area contributed by atoms with Gasteiger partial charge in [0.15, 0.2) is 0 Å². The smallest absolute Gasteiger partial charge is 0.257 e. The van der Waals surface area contributed by atoms with E-state index in [0.717, 1.165) is 10.9 Å². The van der Waals surface area contributed by atoms with Crippen molar-refractivity contribution in [2.24, 2.45) is 7.05 Å². The molecule has 1 aliphatic rings. The molecule has 0 radical (unpaired) electrons. The maximum absolute atomic E-state index is 15.1. The molecule has 0 aliphatic carbocycles. The average Bonchev–Trinajstić information content (AvgIpc) is 3.27. The lowest BCUT2D eigenvalue weighted by atomic mass is 9.91. The summed E-state index contributed by atoms with van der Waals surface area (Å²) in [5, 5.41) is 16.0. The first kappa shape index (κ1) is 21.3. The number of hydrogen-bond acceptors (Lipinski definition) is 3. The number of rotatable bonds is 4. The molecule has 3 aromatic carbocycles. The van der Waals surface area contributed by atoms with E-state index in [0.29, 0.717) is 27.8 Å². The topological polar surface area (TPSA) is 58.4 Å². The number of benzene rings is 3. The quantitative estimate of drug-likeness (QED) is 0.484. The molecule has 5 nitrogen and oxygen atoms in total. The summed E-state index contributed by atoms with van der Waals surface area (Å²) in [4.78, 5) is 14.1. The fourth-order valence-electron chi connectivity index (χ4n) is 4.45. The first-order chi connectivity index (χ1) is 15.6. The second-order valence-electron chi connectivity index (χ2n) is 9.06. The third-order valence-electron chi connectivity index (χ3n) is 6.09. The molecule has 1 aliphatic heterocycles. The van der Waals surface area contributed by atoms with Crippen LogP contribution in [-0.2, 0) is 25.7 Å². The van der Waals surface area contributed by atoms with Crippen LogP contribution >= 0.6 is 0 Å². The van der Waals surface area contributed by atoms with Gasteiger partial charge in [-0.05, 0) is 54.8 Å². The van der Waals surface area contributed by atoms with Gasteiger partial charge < -0.3 is 10.0 Å². The Kier molecular flexibility index (Phi) is 4.83. The number of aromatic nitrogens is 2. The van der Waals surface area contributed by atoms with E-state index in [9.17, 15) is 14.3 Å². The highest BCUT2D eigenvalue weighted by Crippen LogP contribution is 2.34. The fraction of sp³-hybridized carbons (Fsp3) is 0.231. The summed E-state index contributed by atoms with van der Waals surface area (Å²) < 4.78 is 30.8. The lowest BCUT2D eigenvalue weighted by Gasteiger charge is -2.20. The van der Waals surface area contributed by atoms with Gasteiger partial charge >= 0.3 is 0 Å². The number of aryl methyl sites for hydroxylation is 1. The first-order valence-corrected chi connectivity index (χ1v) is 10.7. The lowest BCUT2D eigenvalue weighted by Crippen LogP contribution is -2.24. The van der Waals surface area contributed by atoms with Crippen molar-refractivity contribution in [3.8, 4) is 11.1 Å². The van der Waals surface area contributed by atoms with Crippen molar-refractivity contribution in [3.05, 3.63) is 88.6 Å². The van der Waals surface area contributed by atoms with E-state index in [2.05, 4.69) is 5.10 Å².